The van der Waals surface area contributed by atoms with Crippen molar-refractivity contribution in [3.63, 3.8) is 0 Å². The average molecular weight is 603 g/mol. The number of nitrogens with one attached hydrogen (secondary N) is 2. The third-order valence-corrected chi connectivity index (χ3v) is 9.44. The number of anilines is 2. The molecule has 0 aliphatic rings. The summed E-state index contributed by atoms with van der Waals surface area (Å²) in [6.45, 7) is -1.53. The fourth-order valence-corrected chi connectivity index (χ4v) is 6.88. The Balaban J connectivity index is 1.67. The van der Waals surface area contributed by atoms with Crippen LogP contribution < -0.4 is 14.2 Å². The monoisotopic (exact) mass is 602 g/mol. The Bertz CT molecular complexity index is 1640. The lowest BCUT2D eigenvalue weighted by Gasteiger charge is -2.16. The molecule has 7 nitrogen and oxygen atoms in total. The summed E-state index contributed by atoms with van der Waals surface area (Å²) in [5, 5.41) is 0. The summed E-state index contributed by atoms with van der Waals surface area (Å²) >= 11 is 6.70. The molecule has 38 heavy (non-hydrogen) atoms. The Morgan fingerprint density at radius 1 is 0.763 bits per heavy atom. The number of hydrogen-bond acceptors (Lipinski definition) is 6. The van der Waals surface area contributed by atoms with E-state index < -0.39 is 32.8 Å². The normalized spacial score (nSPS) is 12.2. The zero-order valence-electron chi connectivity index (χ0n) is 19.1. The van der Waals surface area contributed by atoms with Crippen LogP contribution >= 0.6 is 22.9 Å². The Morgan fingerprint density at radius 2 is 1.42 bits per heavy atom. The van der Waals surface area contributed by atoms with Gasteiger partial charge in [-0.2, -0.15) is 13.2 Å². The highest BCUT2D eigenvalue weighted by Crippen LogP contribution is 2.34. The van der Waals surface area contributed by atoms with Crippen LogP contribution in [0.15, 0.2) is 94.0 Å². The summed E-state index contributed by atoms with van der Waals surface area (Å²) in [6.07, 6.45) is -4.55. The maximum absolute atomic E-state index is 13.1. The van der Waals surface area contributed by atoms with Crippen molar-refractivity contribution >= 4 is 54.4 Å². The molecule has 0 bridgehead atoms. The fourth-order valence-electron chi connectivity index (χ4n) is 3.25. The highest BCUT2D eigenvalue weighted by Gasteiger charge is 2.28. The van der Waals surface area contributed by atoms with Gasteiger partial charge in [0.25, 0.3) is 20.0 Å². The van der Waals surface area contributed by atoms with Crippen molar-refractivity contribution in [2.24, 2.45) is 0 Å². The molecule has 1 heterocycles. The van der Waals surface area contributed by atoms with Crippen molar-refractivity contribution < 1.29 is 34.7 Å². The number of benzene rings is 3. The van der Waals surface area contributed by atoms with Crippen LogP contribution in [0, 0.1) is 0 Å². The maximum Gasteiger partial charge on any atom is 0.422 e. The molecule has 0 spiro atoms. The molecule has 4 aromatic rings. The molecule has 0 aliphatic carbocycles. The van der Waals surface area contributed by atoms with Gasteiger partial charge in [-0.25, -0.2) is 16.8 Å². The number of halogens is 4. The van der Waals surface area contributed by atoms with E-state index in [0.29, 0.717) is 5.56 Å². The number of thiophene rings is 1. The van der Waals surface area contributed by atoms with Crippen molar-refractivity contribution in [2.75, 3.05) is 16.1 Å². The predicted octanol–water partition coefficient (Wildman–Crippen LogP) is 6.61. The SMILES string of the molecule is O=S(=O)(Nc1cc(-c2ccccc2)ccc1NS(=O)(=O)c1ccc(Cl)s1)c1ccc(OCC(F)(F)F)cc1. The molecular formula is C24H18ClF3N2O5S3. The van der Waals surface area contributed by atoms with E-state index in [-0.39, 0.29) is 30.6 Å². The minimum atomic E-state index is -4.55. The van der Waals surface area contributed by atoms with Gasteiger partial charge < -0.3 is 4.74 Å². The second-order valence-corrected chi connectivity index (χ2v) is 13.1. The van der Waals surface area contributed by atoms with Crippen molar-refractivity contribution in [3.8, 4) is 16.9 Å². The van der Waals surface area contributed by atoms with Crippen LogP contribution in [-0.2, 0) is 20.0 Å². The van der Waals surface area contributed by atoms with Gasteiger partial charge in [-0.05, 0) is 59.7 Å². The van der Waals surface area contributed by atoms with E-state index in [1.54, 1.807) is 30.3 Å². The topological polar surface area (TPSA) is 102 Å². The lowest BCUT2D eigenvalue weighted by atomic mass is 10.0. The van der Waals surface area contributed by atoms with Gasteiger partial charge in [0.15, 0.2) is 6.61 Å². The van der Waals surface area contributed by atoms with Gasteiger partial charge in [-0.15, -0.1) is 11.3 Å². The van der Waals surface area contributed by atoms with E-state index in [1.165, 1.54) is 24.3 Å². The number of alkyl halides is 3. The quantitative estimate of drug-likeness (QED) is 0.224. The molecule has 4 rings (SSSR count). The molecule has 14 heteroatoms. The first kappa shape index (κ1) is 27.8. The average Bonchev–Trinajstić information content (AvgIpc) is 3.31. The Kier molecular flexibility index (Phi) is 7.93. The molecule has 0 atom stereocenters. The molecule has 1 aromatic heterocycles. The Hall–Kier alpha value is -3.26. The number of hydrogen-bond donors (Lipinski definition) is 2. The van der Waals surface area contributed by atoms with Crippen molar-refractivity contribution in [3.05, 3.63) is 89.3 Å². The molecule has 0 saturated heterocycles. The first-order valence-electron chi connectivity index (χ1n) is 10.6. The highest BCUT2D eigenvalue weighted by molar-refractivity contribution is 7.94. The van der Waals surface area contributed by atoms with Gasteiger partial charge in [0.2, 0.25) is 0 Å². The van der Waals surface area contributed by atoms with Crippen LogP contribution in [0.1, 0.15) is 0 Å². The summed E-state index contributed by atoms with van der Waals surface area (Å²) < 4.78 is 98.8. The molecule has 0 radical (unpaired) electrons. The van der Waals surface area contributed by atoms with Crippen LogP contribution in [0.25, 0.3) is 11.1 Å². The van der Waals surface area contributed by atoms with E-state index in [9.17, 15) is 30.0 Å². The van der Waals surface area contributed by atoms with Crippen LogP contribution in [0.5, 0.6) is 5.75 Å². The van der Waals surface area contributed by atoms with Crippen LogP contribution in [0.3, 0.4) is 0 Å². The van der Waals surface area contributed by atoms with Crippen LogP contribution in [0.2, 0.25) is 4.34 Å². The van der Waals surface area contributed by atoms with Crippen molar-refractivity contribution in [2.45, 2.75) is 15.3 Å². The lowest BCUT2D eigenvalue weighted by Crippen LogP contribution is -2.19. The molecule has 200 valence electrons. The third kappa shape index (κ3) is 6.98. The molecule has 3 aromatic carbocycles. The standard InChI is InChI=1S/C24H18ClF3N2O5S3/c25-22-12-13-23(36-22)38(33,34)29-20-11-6-17(16-4-2-1-3-5-16)14-21(20)30-37(31,32)19-9-7-18(8-10-19)35-15-24(26,27)28/h1-14,29-30H,15H2. The minimum Gasteiger partial charge on any atom is -0.484 e. The minimum absolute atomic E-state index is 0.0529. The first-order chi connectivity index (χ1) is 17.8. The first-order valence-corrected chi connectivity index (χ1v) is 14.8. The van der Waals surface area contributed by atoms with Gasteiger partial charge in [-0.3, -0.25) is 9.44 Å². The van der Waals surface area contributed by atoms with Gasteiger partial charge in [-0.1, -0.05) is 48.0 Å². The molecule has 0 aliphatic heterocycles. The van der Waals surface area contributed by atoms with Gasteiger partial charge in [0.1, 0.15) is 9.96 Å². The van der Waals surface area contributed by atoms with E-state index in [2.05, 4.69) is 14.2 Å². The number of sulfonamides is 2. The molecule has 0 saturated carbocycles. The molecule has 2 N–H and O–H groups in total. The van der Waals surface area contributed by atoms with Crippen molar-refractivity contribution in [1.82, 2.24) is 0 Å². The summed E-state index contributed by atoms with van der Waals surface area (Å²) in [7, 11) is -8.39. The van der Waals surface area contributed by atoms with Crippen molar-refractivity contribution in [1.29, 1.82) is 0 Å². The van der Waals surface area contributed by atoms with Gasteiger partial charge in [0.05, 0.1) is 20.6 Å². The predicted molar refractivity (Wildman–Crippen MR) is 141 cm³/mol. The van der Waals surface area contributed by atoms with E-state index in [4.69, 9.17) is 11.6 Å². The Morgan fingerprint density at radius 3 is 2.03 bits per heavy atom. The number of rotatable bonds is 9. The zero-order valence-corrected chi connectivity index (χ0v) is 22.3. The van der Waals surface area contributed by atoms with E-state index in [0.717, 1.165) is 41.2 Å². The van der Waals surface area contributed by atoms with Gasteiger partial charge >= 0.3 is 6.18 Å². The highest BCUT2D eigenvalue weighted by atomic mass is 35.5. The van der Waals surface area contributed by atoms with E-state index >= 15 is 0 Å². The summed E-state index contributed by atoms with van der Waals surface area (Å²) in [6, 6.07) is 20.6. The molecule has 0 fully saturated rings. The smallest absolute Gasteiger partial charge is 0.422 e. The summed E-state index contributed by atoms with van der Waals surface area (Å²) in [4.78, 5) is -0.277. The largest absolute Gasteiger partial charge is 0.484 e. The summed E-state index contributed by atoms with van der Waals surface area (Å²) in [5.74, 6) is -0.171. The molecule has 0 unspecified atom stereocenters. The third-order valence-electron chi connectivity index (χ3n) is 4.97. The fraction of sp³-hybridized carbons (Fsp3) is 0.0833. The second kappa shape index (κ2) is 10.8. The van der Waals surface area contributed by atoms with Crippen LogP contribution in [-0.4, -0.2) is 29.6 Å². The van der Waals surface area contributed by atoms with Crippen LogP contribution in [0.4, 0.5) is 24.5 Å². The molecular weight excluding hydrogens is 585 g/mol. The zero-order chi connectivity index (χ0) is 27.6. The van der Waals surface area contributed by atoms with E-state index in [1.807, 2.05) is 6.07 Å². The molecule has 0 amide bonds. The maximum atomic E-state index is 13.1. The van der Waals surface area contributed by atoms with Gasteiger partial charge in [0, 0.05) is 0 Å². The second-order valence-electron chi connectivity index (χ2n) is 7.77. The number of ether oxygens (including phenoxy) is 1. The lowest BCUT2D eigenvalue weighted by molar-refractivity contribution is -0.153. The summed E-state index contributed by atoms with van der Waals surface area (Å²) in [5.41, 5.74) is 1.22. The Labute approximate surface area is 226 Å².